The second-order valence-electron chi connectivity index (χ2n) is 4.50. The molecule has 2 aromatic carbocycles. The van der Waals surface area contributed by atoms with Gasteiger partial charge in [-0.15, -0.1) is 0 Å². The van der Waals surface area contributed by atoms with Crippen molar-refractivity contribution in [1.29, 1.82) is 0 Å². The van der Waals surface area contributed by atoms with Crippen LogP contribution in [0.1, 0.15) is 15.9 Å². The number of hydrogen-bond donors (Lipinski definition) is 1. The van der Waals surface area contributed by atoms with Crippen LogP contribution in [0.2, 0.25) is 0 Å². The molecule has 1 aliphatic heterocycles. The average Bonchev–Trinajstić information content (AvgIpc) is 2.89. The van der Waals surface area contributed by atoms with Gasteiger partial charge in [-0.3, -0.25) is 4.79 Å². The molecule has 102 valence electrons. The quantitative estimate of drug-likeness (QED) is 0.805. The van der Waals surface area contributed by atoms with Gasteiger partial charge >= 0.3 is 0 Å². The van der Waals surface area contributed by atoms with E-state index in [1.807, 2.05) is 34.7 Å². The zero-order valence-corrected chi connectivity index (χ0v) is 12.6. The van der Waals surface area contributed by atoms with Gasteiger partial charge in [-0.2, -0.15) is 0 Å². The van der Waals surface area contributed by atoms with Crippen molar-refractivity contribution < 1.29 is 13.9 Å². The van der Waals surface area contributed by atoms with Crippen molar-refractivity contribution in [1.82, 2.24) is 0 Å². The van der Waals surface area contributed by atoms with E-state index in [1.54, 1.807) is 12.1 Å². The summed E-state index contributed by atoms with van der Waals surface area (Å²) in [5, 5.41) is 2.79. The SMILES string of the molecule is O=C(Nc1ccc(F)cc1I)c1ccc2c(c1)CCO2. The van der Waals surface area contributed by atoms with E-state index in [0.29, 0.717) is 21.4 Å². The van der Waals surface area contributed by atoms with Gasteiger partial charge in [0.2, 0.25) is 0 Å². The van der Waals surface area contributed by atoms with E-state index in [9.17, 15) is 9.18 Å². The number of halogens is 2. The van der Waals surface area contributed by atoms with Crippen LogP contribution in [-0.4, -0.2) is 12.5 Å². The zero-order valence-electron chi connectivity index (χ0n) is 10.5. The Labute approximate surface area is 129 Å². The summed E-state index contributed by atoms with van der Waals surface area (Å²) in [5.41, 5.74) is 2.23. The predicted octanol–water partition coefficient (Wildman–Crippen LogP) is 3.62. The van der Waals surface area contributed by atoms with Crippen LogP contribution in [0.25, 0.3) is 0 Å². The van der Waals surface area contributed by atoms with Crippen LogP contribution in [0, 0.1) is 9.39 Å². The summed E-state index contributed by atoms with van der Waals surface area (Å²) in [6.07, 6.45) is 0.824. The molecule has 0 bridgehead atoms. The first-order valence-corrected chi connectivity index (χ1v) is 7.23. The van der Waals surface area contributed by atoms with Gasteiger partial charge in [0.05, 0.1) is 12.3 Å². The maximum absolute atomic E-state index is 13.0. The van der Waals surface area contributed by atoms with Gasteiger partial charge in [-0.25, -0.2) is 4.39 Å². The number of anilines is 1. The van der Waals surface area contributed by atoms with Crippen LogP contribution >= 0.6 is 22.6 Å². The molecule has 0 aromatic heterocycles. The zero-order chi connectivity index (χ0) is 14.1. The van der Waals surface area contributed by atoms with E-state index in [-0.39, 0.29) is 11.7 Å². The lowest BCUT2D eigenvalue weighted by molar-refractivity contribution is 0.102. The van der Waals surface area contributed by atoms with Crippen LogP contribution in [-0.2, 0) is 6.42 Å². The van der Waals surface area contributed by atoms with Gasteiger partial charge in [-0.05, 0) is 64.6 Å². The Morgan fingerprint density at radius 1 is 1.25 bits per heavy atom. The molecular weight excluding hydrogens is 372 g/mol. The fourth-order valence-corrected chi connectivity index (χ4v) is 2.73. The fourth-order valence-electron chi connectivity index (χ4n) is 2.11. The smallest absolute Gasteiger partial charge is 0.255 e. The number of benzene rings is 2. The lowest BCUT2D eigenvalue weighted by Gasteiger charge is -2.08. The summed E-state index contributed by atoms with van der Waals surface area (Å²) >= 11 is 1.99. The summed E-state index contributed by atoms with van der Waals surface area (Å²) in [7, 11) is 0. The normalized spacial score (nSPS) is 12.7. The Bertz CT molecular complexity index is 688. The first-order valence-electron chi connectivity index (χ1n) is 6.15. The highest BCUT2D eigenvalue weighted by Crippen LogP contribution is 2.26. The molecule has 1 heterocycles. The molecule has 1 amide bonds. The van der Waals surface area contributed by atoms with Crippen LogP contribution in [0.3, 0.4) is 0 Å². The summed E-state index contributed by atoms with van der Waals surface area (Å²) in [4.78, 5) is 12.2. The van der Waals surface area contributed by atoms with Crippen molar-refractivity contribution in [2.45, 2.75) is 6.42 Å². The average molecular weight is 383 g/mol. The summed E-state index contributed by atoms with van der Waals surface area (Å²) in [5.74, 6) is 0.323. The lowest BCUT2D eigenvalue weighted by atomic mass is 10.1. The fraction of sp³-hybridized carbons (Fsp3) is 0.133. The molecule has 0 radical (unpaired) electrons. The third-order valence-electron chi connectivity index (χ3n) is 3.13. The molecule has 0 saturated carbocycles. The Morgan fingerprint density at radius 3 is 2.90 bits per heavy atom. The number of carbonyl (C=O) groups is 1. The molecule has 0 unspecified atom stereocenters. The minimum Gasteiger partial charge on any atom is -0.493 e. The molecule has 1 N–H and O–H groups in total. The molecule has 3 nitrogen and oxygen atoms in total. The number of fused-ring (bicyclic) bond motifs is 1. The van der Waals surface area contributed by atoms with E-state index >= 15 is 0 Å². The molecule has 0 aliphatic carbocycles. The number of rotatable bonds is 2. The van der Waals surface area contributed by atoms with Gasteiger partial charge in [0, 0.05) is 15.6 Å². The predicted molar refractivity (Wildman–Crippen MR) is 82.7 cm³/mol. The Kier molecular flexibility index (Phi) is 3.60. The molecule has 5 heteroatoms. The molecule has 2 aromatic rings. The second-order valence-corrected chi connectivity index (χ2v) is 5.66. The van der Waals surface area contributed by atoms with Crippen molar-refractivity contribution in [3.05, 3.63) is 56.9 Å². The molecule has 20 heavy (non-hydrogen) atoms. The molecule has 3 rings (SSSR count). The number of carbonyl (C=O) groups excluding carboxylic acids is 1. The standard InChI is InChI=1S/C15H11FINO2/c16-11-2-3-13(12(17)8-11)18-15(19)10-1-4-14-9(7-10)5-6-20-14/h1-4,7-8H,5-6H2,(H,18,19). The van der Waals surface area contributed by atoms with Gasteiger partial charge in [0.15, 0.2) is 0 Å². The highest BCUT2D eigenvalue weighted by atomic mass is 127. The van der Waals surface area contributed by atoms with Gasteiger partial charge in [-0.1, -0.05) is 0 Å². The Morgan fingerprint density at radius 2 is 2.10 bits per heavy atom. The van der Waals surface area contributed by atoms with Gasteiger partial charge in [0.25, 0.3) is 5.91 Å². The minimum absolute atomic E-state index is 0.204. The monoisotopic (exact) mass is 383 g/mol. The van der Waals surface area contributed by atoms with E-state index in [2.05, 4.69) is 5.32 Å². The molecule has 0 fully saturated rings. The van der Waals surface area contributed by atoms with Crippen LogP contribution in [0.4, 0.5) is 10.1 Å². The number of amides is 1. The van der Waals surface area contributed by atoms with Crippen LogP contribution in [0.15, 0.2) is 36.4 Å². The Balaban J connectivity index is 1.82. The maximum Gasteiger partial charge on any atom is 0.255 e. The highest BCUT2D eigenvalue weighted by molar-refractivity contribution is 14.1. The van der Waals surface area contributed by atoms with Crippen LogP contribution < -0.4 is 10.1 Å². The first-order chi connectivity index (χ1) is 9.63. The van der Waals surface area contributed by atoms with Gasteiger partial charge < -0.3 is 10.1 Å². The van der Waals surface area contributed by atoms with Crippen molar-refractivity contribution in [3.8, 4) is 5.75 Å². The molecule has 0 saturated heterocycles. The third-order valence-corrected chi connectivity index (χ3v) is 4.02. The van der Waals surface area contributed by atoms with E-state index in [0.717, 1.165) is 17.7 Å². The van der Waals surface area contributed by atoms with Gasteiger partial charge in [0.1, 0.15) is 11.6 Å². The van der Waals surface area contributed by atoms with E-state index < -0.39 is 0 Å². The second kappa shape index (κ2) is 5.40. The molecule has 0 atom stereocenters. The van der Waals surface area contributed by atoms with E-state index in [1.165, 1.54) is 12.1 Å². The molecule has 1 aliphatic rings. The molecule has 0 spiro atoms. The van der Waals surface area contributed by atoms with Crippen molar-refractivity contribution in [2.75, 3.05) is 11.9 Å². The minimum atomic E-state index is -0.318. The van der Waals surface area contributed by atoms with E-state index in [4.69, 9.17) is 4.74 Å². The topological polar surface area (TPSA) is 38.3 Å². The Hall–Kier alpha value is -1.63. The summed E-state index contributed by atoms with van der Waals surface area (Å²) in [6, 6.07) is 9.66. The maximum atomic E-state index is 13.0. The van der Waals surface area contributed by atoms with Crippen molar-refractivity contribution >= 4 is 34.2 Å². The lowest BCUT2D eigenvalue weighted by Crippen LogP contribution is -2.13. The summed E-state index contributed by atoms with van der Waals surface area (Å²) in [6.45, 7) is 0.663. The number of nitrogens with one attached hydrogen (secondary N) is 1. The number of ether oxygens (including phenoxy) is 1. The van der Waals surface area contributed by atoms with Crippen LogP contribution in [0.5, 0.6) is 5.75 Å². The van der Waals surface area contributed by atoms with Crippen molar-refractivity contribution in [2.24, 2.45) is 0 Å². The third kappa shape index (κ3) is 2.63. The molecular formula is C15H11FINO2. The summed E-state index contributed by atoms with van der Waals surface area (Å²) < 4.78 is 19.1. The number of hydrogen-bond acceptors (Lipinski definition) is 2. The largest absolute Gasteiger partial charge is 0.493 e. The first kappa shape index (κ1) is 13.4. The van der Waals surface area contributed by atoms with Crippen molar-refractivity contribution in [3.63, 3.8) is 0 Å². The highest BCUT2D eigenvalue weighted by Gasteiger charge is 2.15.